The van der Waals surface area contributed by atoms with E-state index in [1.165, 1.54) is 6.20 Å². The van der Waals surface area contributed by atoms with Crippen molar-refractivity contribution in [2.75, 3.05) is 6.61 Å². The number of aromatic nitrogens is 1. The van der Waals surface area contributed by atoms with Gasteiger partial charge in [0.15, 0.2) is 5.69 Å². The number of para-hydroxylation sites is 1. The van der Waals surface area contributed by atoms with Crippen LogP contribution in [0.4, 0.5) is 0 Å². The quantitative estimate of drug-likeness (QED) is 0.893. The summed E-state index contributed by atoms with van der Waals surface area (Å²) in [5.74, 6) is -0.360. The predicted molar refractivity (Wildman–Crippen MR) is 72.4 cm³/mol. The number of benzene rings is 1. The van der Waals surface area contributed by atoms with E-state index in [0.717, 1.165) is 12.0 Å². The highest BCUT2D eigenvalue weighted by atomic mass is 16.5. The second-order valence-electron chi connectivity index (χ2n) is 4.05. The van der Waals surface area contributed by atoms with Crippen molar-refractivity contribution in [1.82, 2.24) is 4.98 Å². The number of nitrogens with zero attached hydrogens (tertiary/aromatic N) is 1. The summed E-state index contributed by atoms with van der Waals surface area (Å²) in [4.78, 5) is 15.1. The second-order valence-corrected chi connectivity index (χ2v) is 4.05. The third-order valence-electron chi connectivity index (χ3n) is 2.65. The molecule has 1 aromatic heterocycles. The molecule has 0 unspecified atom stereocenters. The largest absolute Gasteiger partial charge is 0.493 e. The minimum Gasteiger partial charge on any atom is -0.493 e. The van der Waals surface area contributed by atoms with Crippen molar-refractivity contribution in [3.8, 4) is 16.9 Å². The standard InChI is InChI=1S/C15H15NO3/c1-2-10-19-13-8-4-3-6-11(13)12-7-5-9-16-14(12)15(17)18/h3-9H,2,10H2,1H3,(H,17,18). The van der Waals surface area contributed by atoms with Gasteiger partial charge in [0.05, 0.1) is 6.61 Å². The first-order valence-electron chi connectivity index (χ1n) is 6.14. The van der Waals surface area contributed by atoms with Gasteiger partial charge in [0, 0.05) is 17.3 Å². The maximum Gasteiger partial charge on any atom is 0.355 e. The van der Waals surface area contributed by atoms with Gasteiger partial charge in [-0.1, -0.05) is 31.2 Å². The minimum absolute atomic E-state index is 0.0371. The highest BCUT2D eigenvalue weighted by Crippen LogP contribution is 2.31. The first-order valence-corrected chi connectivity index (χ1v) is 6.14. The van der Waals surface area contributed by atoms with Crippen LogP contribution in [-0.4, -0.2) is 22.7 Å². The van der Waals surface area contributed by atoms with Crippen LogP contribution < -0.4 is 4.74 Å². The number of pyridine rings is 1. The second kappa shape index (κ2) is 6.00. The monoisotopic (exact) mass is 257 g/mol. The van der Waals surface area contributed by atoms with E-state index in [9.17, 15) is 9.90 Å². The fraction of sp³-hybridized carbons (Fsp3) is 0.200. The first-order chi connectivity index (χ1) is 9.24. The normalized spacial score (nSPS) is 10.2. The molecular weight excluding hydrogens is 242 g/mol. The lowest BCUT2D eigenvalue weighted by molar-refractivity contribution is 0.0691. The van der Waals surface area contributed by atoms with Crippen LogP contribution >= 0.6 is 0 Å². The number of aromatic carboxylic acids is 1. The summed E-state index contributed by atoms with van der Waals surface area (Å²) in [6.45, 7) is 2.62. The van der Waals surface area contributed by atoms with Crippen molar-refractivity contribution in [2.45, 2.75) is 13.3 Å². The van der Waals surface area contributed by atoms with Gasteiger partial charge in [-0.05, 0) is 18.6 Å². The molecule has 0 amide bonds. The van der Waals surface area contributed by atoms with Crippen LogP contribution in [-0.2, 0) is 0 Å². The summed E-state index contributed by atoms with van der Waals surface area (Å²) in [6.07, 6.45) is 2.37. The molecule has 0 saturated carbocycles. The molecule has 0 saturated heterocycles. The lowest BCUT2D eigenvalue weighted by Crippen LogP contribution is -2.04. The van der Waals surface area contributed by atoms with Crippen molar-refractivity contribution in [1.29, 1.82) is 0 Å². The molecule has 0 radical (unpaired) electrons. The number of hydrogen-bond donors (Lipinski definition) is 1. The van der Waals surface area contributed by atoms with Crippen molar-refractivity contribution in [3.63, 3.8) is 0 Å². The van der Waals surface area contributed by atoms with Crippen LogP contribution in [0.1, 0.15) is 23.8 Å². The van der Waals surface area contributed by atoms with Gasteiger partial charge in [-0.2, -0.15) is 0 Å². The Morgan fingerprint density at radius 3 is 2.68 bits per heavy atom. The summed E-state index contributed by atoms with van der Waals surface area (Å²) in [6, 6.07) is 10.9. The molecule has 1 aromatic carbocycles. The van der Waals surface area contributed by atoms with Crippen molar-refractivity contribution >= 4 is 5.97 Å². The number of carboxylic acids is 1. The molecule has 98 valence electrons. The zero-order valence-corrected chi connectivity index (χ0v) is 10.7. The molecule has 2 rings (SSSR count). The topological polar surface area (TPSA) is 59.4 Å². The Kier molecular flexibility index (Phi) is 4.13. The molecule has 1 N–H and O–H groups in total. The maximum atomic E-state index is 11.2. The average molecular weight is 257 g/mol. The highest BCUT2D eigenvalue weighted by Gasteiger charge is 2.15. The Hall–Kier alpha value is -2.36. The van der Waals surface area contributed by atoms with Gasteiger partial charge < -0.3 is 9.84 Å². The SMILES string of the molecule is CCCOc1ccccc1-c1cccnc1C(=O)O. The van der Waals surface area contributed by atoms with E-state index in [-0.39, 0.29) is 5.69 Å². The predicted octanol–water partition coefficient (Wildman–Crippen LogP) is 3.24. The Bertz CT molecular complexity index is 581. The number of carboxylic acid groups (broad SMARTS) is 1. The van der Waals surface area contributed by atoms with Crippen LogP contribution in [0.15, 0.2) is 42.6 Å². The van der Waals surface area contributed by atoms with Crippen LogP contribution in [0.3, 0.4) is 0 Å². The summed E-state index contributed by atoms with van der Waals surface area (Å²) < 4.78 is 5.65. The van der Waals surface area contributed by atoms with E-state index in [4.69, 9.17) is 4.74 Å². The molecule has 0 atom stereocenters. The Labute approximate surface area is 111 Å². The van der Waals surface area contributed by atoms with Gasteiger partial charge in [-0.25, -0.2) is 9.78 Å². The molecule has 2 aromatic rings. The molecule has 0 spiro atoms. The van der Waals surface area contributed by atoms with Gasteiger partial charge in [-0.15, -0.1) is 0 Å². The molecule has 0 bridgehead atoms. The van der Waals surface area contributed by atoms with Crippen LogP contribution in [0.25, 0.3) is 11.1 Å². The van der Waals surface area contributed by atoms with Crippen LogP contribution in [0, 0.1) is 0 Å². The fourth-order valence-electron chi connectivity index (χ4n) is 1.82. The molecule has 1 heterocycles. The molecule has 0 aliphatic carbocycles. The van der Waals surface area contributed by atoms with E-state index in [0.29, 0.717) is 17.9 Å². The zero-order valence-electron chi connectivity index (χ0n) is 10.7. The number of rotatable bonds is 5. The highest BCUT2D eigenvalue weighted by molar-refractivity contribution is 5.94. The summed E-state index contributed by atoms with van der Waals surface area (Å²) in [7, 11) is 0. The molecule has 0 aliphatic rings. The third kappa shape index (κ3) is 2.91. The molecule has 0 fully saturated rings. The van der Waals surface area contributed by atoms with E-state index in [2.05, 4.69) is 4.98 Å². The summed E-state index contributed by atoms with van der Waals surface area (Å²) >= 11 is 0. The summed E-state index contributed by atoms with van der Waals surface area (Å²) in [5.41, 5.74) is 1.36. The molecule has 0 aliphatic heterocycles. The molecule has 4 heteroatoms. The van der Waals surface area contributed by atoms with E-state index in [1.54, 1.807) is 12.1 Å². The van der Waals surface area contributed by atoms with Crippen molar-refractivity contribution < 1.29 is 14.6 Å². The maximum absolute atomic E-state index is 11.2. The van der Waals surface area contributed by atoms with Crippen LogP contribution in [0.5, 0.6) is 5.75 Å². The molecular formula is C15H15NO3. The lowest BCUT2D eigenvalue weighted by Gasteiger charge is -2.12. The Morgan fingerprint density at radius 1 is 1.21 bits per heavy atom. The Balaban J connectivity index is 2.50. The average Bonchev–Trinajstić information content (AvgIpc) is 2.45. The molecule has 19 heavy (non-hydrogen) atoms. The van der Waals surface area contributed by atoms with Gasteiger partial charge >= 0.3 is 5.97 Å². The minimum atomic E-state index is -1.04. The Morgan fingerprint density at radius 2 is 1.95 bits per heavy atom. The number of ether oxygens (including phenoxy) is 1. The zero-order chi connectivity index (χ0) is 13.7. The smallest absolute Gasteiger partial charge is 0.355 e. The van der Waals surface area contributed by atoms with Crippen LogP contribution in [0.2, 0.25) is 0 Å². The third-order valence-corrected chi connectivity index (χ3v) is 2.65. The van der Waals surface area contributed by atoms with E-state index >= 15 is 0 Å². The van der Waals surface area contributed by atoms with Gasteiger partial charge in [0.1, 0.15) is 5.75 Å². The van der Waals surface area contributed by atoms with Crippen molar-refractivity contribution in [3.05, 3.63) is 48.3 Å². The van der Waals surface area contributed by atoms with E-state index < -0.39 is 5.97 Å². The number of carbonyl (C=O) groups is 1. The lowest BCUT2D eigenvalue weighted by atomic mass is 10.0. The fourth-order valence-corrected chi connectivity index (χ4v) is 1.82. The summed E-state index contributed by atoms with van der Waals surface area (Å²) in [5, 5.41) is 9.19. The van der Waals surface area contributed by atoms with Gasteiger partial charge in [0.2, 0.25) is 0 Å². The number of hydrogen-bond acceptors (Lipinski definition) is 3. The van der Waals surface area contributed by atoms with Crippen molar-refractivity contribution in [2.24, 2.45) is 0 Å². The van der Waals surface area contributed by atoms with Gasteiger partial charge in [-0.3, -0.25) is 0 Å². The molecule has 4 nitrogen and oxygen atoms in total. The van der Waals surface area contributed by atoms with Gasteiger partial charge in [0.25, 0.3) is 0 Å². The van der Waals surface area contributed by atoms with E-state index in [1.807, 2.05) is 31.2 Å². The first kappa shape index (κ1) is 13.1.